The molecule has 0 saturated carbocycles. The molecule has 5 aromatic carbocycles. The molecule has 1 aliphatic rings. The molecule has 6 rings (SSSR count). The SMILES string of the molecule is CC(C)(C)c1ccccc1-c1cc2c(c(-c3ccccc3C(C)(C)C)c1-c1ccccc1C(C)(C)C)Cc1ccccc1-2. The van der Waals surface area contributed by atoms with Crippen molar-refractivity contribution in [3.8, 4) is 44.5 Å². The van der Waals surface area contributed by atoms with E-state index < -0.39 is 0 Å². The Bertz CT molecular complexity index is 1830. The molecule has 5 aromatic rings. The molecule has 1 aliphatic carbocycles. The maximum atomic E-state index is 2.53. The van der Waals surface area contributed by atoms with Crippen LogP contribution in [-0.2, 0) is 22.7 Å². The van der Waals surface area contributed by atoms with Crippen LogP contribution >= 0.6 is 0 Å². The van der Waals surface area contributed by atoms with Crippen LogP contribution in [0.15, 0.2) is 103 Å². The summed E-state index contributed by atoms with van der Waals surface area (Å²) in [5.41, 5.74) is 17.9. The molecule has 0 aliphatic heterocycles. The van der Waals surface area contributed by atoms with Crippen LogP contribution in [0.2, 0.25) is 0 Å². The van der Waals surface area contributed by atoms with Crippen LogP contribution in [0.25, 0.3) is 44.5 Å². The number of benzene rings is 5. The lowest BCUT2D eigenvalue weighted by molar-refractivity contribution is 0.590. The van der Waals surface area contributed by atoms with E-state index in [4.69, 9.17) is 0 Å². The molecule has 0 fully saturated rings. The smallest absolute Gasteiger partial charge is 0.000705 e. The lowest BCUT2D eigenvalue weighted by Crippen LogP contribution is -2.16. The summed E-state index contributed by atoms with van der Waals surface area (Å²) in [6.07, 6.45) is 0.950. The maximum Gasteiger partial charge on any atom is -0.000705 e. The van der Waals surface area contributed by atoms with Gasteiger partial charge in [-0.2, -0.15) is 0 Å². The van der Waals surface area contributed by atoms with Crippen LogP contribution in [0.5, 0.6) is 0 Å². The zero-order chi connectivity index (χ0) is 30.7. The molecule has 218 valence electrons. The molecule has 0 aromatic heterocycles. The standard InChI is InChI=1S/C43H46/c1-41(2,3)36-23-15-12-20-30(36)35-27-33-29-19-11-10-18-28(29)26-34(33)39(31-21-13-16-24-37(31)42(4,5)6)40(35)32-22-14-17-25-38(32)43(7,8)9/h10-25,27H,26H2,1-9H3. The zero-order valence-corrected chi connectivity index (χ0v) is 27.5. The summed E-state index contributed by atoms with van der Waals surface area (Å²) in [5, 5.41) is 0. The van der Waals surface area contributed by atoms with Gasteiger partial charge in [0.2, 0.25) is 0 Å². The molecule has 0 bridgehead atoms. The van der Waals surface area contributed by atoms with E-state index in [0.29, 0.717) is 0 Å². The van der Waals surface area contributed by atoms with Gasteiger partial charge in [-0.05, 0) is 101 Å². The summed E-state index contributed by atoms with van der Waals surface area (Å²) in [7, 11) is 0. The minimum absolute atomic E-state index is 0.00217. The van der Waals surface area contributed by atoms with Gasteiger partial charge in [0.15, 0.2) is 0 Å². The van der Waals surface area contributed by atoms with E-state index in [9.17, 15) is 0 Å². The number of rotatable bonds is 3. The largest absolute Gasteiger partial charge is 0.0619 e. The molecule has 0 heteroatoms. The minimum Gasteiger partial charge on any atom is -0.0619 e. The second-order valence-corrected chi connectivity index (χ2v) is 15.4. The van der Waals surface area contributed by atoms with Crippen LogP contribution in [0, 0.1) is 0 Å². The van der Waals surface area contributed by atoms with Gasteiger partial charge in [0, 0.05) is 0 Å². The highest BCUT2D eigenvalue weighted by atomic mass is 14.4. The van der Waals surface area contributed by atoms with E-state index in [1.165, 1.54) is 72.3 Å². The monoisotopic (exact) mass is 562 g/mol. The Hall–Kier alpha value is -3.90. The van der Waals surface area contributed by atoms with Gasteiger partial charge in [-0.3, -0.25) is 0 Å². The van der Waals surface area contributed by atoms with Crippen LogP contribution in [0.1, 0.15) is 90.1 Å². The number of hydrogen-bond acceptors (Lipinski definition) is 0. The lowest BCUT2D eigenvalue weighted by atomic mass is 9.72. The van der Waals surface area contributed by atoms with E-state index in [-0.39, 0.29) is 16.2 Å². The molecule has 43 heavy (non-hydrogen) atoms. The zero-order valence-electron chi connectivity index (χ0n) is 27.5. The summed E-state index contributed by atoms with van der Waals surface area (Å²) in [6.45, 7) is 21.1. The van der Waals surface area contributed by atoms with Gasteiger partial charge < -0.3 is 0 Å². The van der Waals surface area contributed by atoms with Gasteiger partial charge >= 0.3 is 0 Å². The van der Waals surface area contributed by atoms with Crippen LogP contribution in [0.4, 0.5) is 0 Å². The van der Waals surface area contributed by atoms with Gasteiger partial charge in [0.25, 0.3) is 0 Å². The van der Waals surface area contributed by atoms with Crippen molar-refractivity contribution in [1.29, 1.82) is 0 Å². The predicted molar refractivity (Wildman–Crippen MR) is 187 cm³/mol. The summed E-state index contributed by atoms with van der Waals surface area (Å²) in [4.78, 5) is 0. The van der Waals surface area contributed by atoms with E-state index >= 15 is 0 Å². The van der Waals surface area contributed by atoms with Crippen molar-refractivity contribution in [2.45, 2.75) is 85.0 Å². The molecule has 0 atom stereocenters. The van der Waals surface area contributed by atoms with Gasteiger partial charge in [0.1, 0.15) is 0 Å². The first-order valence-electron chi connectivity index (χ1n) is 15.8. The quantitative estimate of drug-likeness (QED) is 0.201. The predicted octanol–water partition coefficient (Wildman–Crippen LogP) is 12.2. The van der Waals surface area contributed by atoms with E-state index in [0.717, 1.165) is 6.42 Å². The van der Waals surface area contributed by atoms with Crippen molar-refractivity contribution >= 4 is 0 Å². The third-order valence-corrected chi connectivity index (χ3v) is 9.14. The summed E-state index contributed by atoms with van der Waals surface area (Å²) in [6, 6.07) is 39.0. The molecular weight excluding hydrogens is 516 g/mol. The molecule has 0 N–H and O–H groups in total. The highest BCUT2D eigenvalue weighted by molar-refractivity contribution is 6.03. The van der Waals surface area contributed by atoms with Crippen LogP contribution in [-0.4, -0.2) is 0 Å². The third kappa shape index (κ3) is 5.16. The fourth-order valence-electron chi connectivity index (χ4n) is 7.15. The third-order valence-electron chi connectivity index (χ3n) is 9.14. The van der Waals surface area contributed by atoms with Crippen molar-refractivity contribution in [2.75, 3.05) is 0 Å². The topological polar surface area (TPSA) is 0 Å². The Balaban J connectivity index is 1.88. The Morgan fingerprint density at radius 3 is 1.28 bits per heavy atom. The summed E-state index contributed by atoms with van der Waals surface area (Å²) >= 11 is 0. The molecule has 0 radical (unpaired) electrons. The van der Waals surface area contributed by atoms with Crippen molar-refractivity contribution in [3.63, 3.8) is 0 Å². The molecule has 0 nitrogen and oxygen atoms in total. The Morgan fingerprint density at radius 1 is 0.372 bits per heavy atom. The van der Waals surface area contributed by atoms with Gasteiger partial charge in [-0.15, -0.1) is 0 Å². The molecular formula is C43H46. The molecule has 0 heterocycles. The average Bonchev–Trinajstić information content (AvgIpc) is 3.33. The van der Waals surface area contributed by atoms with Crippen molar-refractivity contribution in [1.82, 2.24) is 0 Å². The summed E-state index contributed by atoms with van der Waals surface area (Å²) < 4.78 is 0. The molecule has 0 spiro atoms. The molecule has 0 amide bonds. The minimum atomic E-state index is -0.0137. The Kier molecular flexibility index (Phi) is 7.04. The Labute approximate surface area is 259 Å². The number of fused-ring (bicyclic) bond motifs is 3. The normalized spacial score (nSPS) is 13.1. The van der Waals surface area contributed by atoms with Crippen molar-refractivity contribution in [3.05, 3.63) is 131 Å². The van der Waals surface area contributed by atoms with Crippen molar-refractivity contribution < 1.29 is 0 Å². The van der Waals surface area contributed by atoms with E-state index in [1.54, 1.807) is 0 Å². The maximum absolute atomic E-state index is 2.53. The second kappa shape index (κ2) is 10.4. The van der Waals surface area contributed by atoms with E-state index in [2.05, 4.69) is 165 Å². The van der Waals surface area contributed by atoms with Gasteiger partial charge in [-0.1, -0.05) is 159 Å². The van der Waals surface area contributed by atoms with Gasteiger partial charge in [-0.25, -0.2) is 0 Å². The first-order chi connectivity index (χ1) is 20.3. The first-order valence-corrected chi connectivity index (χ1v) is 15.8. The lowest BCUT2D eigenvalue weighted by Gasteiger charge is -2.31. The van der Waals surface area contributed by atoms with Crippen LogP contribution in [0.3, 0.4) is 0 Å². The first kappa shape index (κ1) is 29.2. The fraction of sp³-hybridized carbons (Fsp3) is 0.302. The fourth-order valence-corrected chi connectivity index (χ4v) is 7.15. The van der Waals surface area contributed by atoms with Crippen LogP contribution < -0.4 is 0 Å². The average molecular weight is 563 g/mol. The summed E-state index contributed by atoms with van der Waals surface area (Å²) in [5.74, 6) is 0. The second-order valence-electron chi connectivity index (χ2n) is 15.4. The molecule has 0 unspecified atom stereocenters. The highest BCUT2D eigenvalue weighted by Gasteiger charge is 2.33. The highest BCUT2D eigenvalue weighted by Crippen LogP contribution is 2.54. The molecule has 0 saturated heterocycles. The van der Waals surface area contributed by atoms with Gasteiger partial charge in [0.05, 0.1) is 0 Å². The van der Waals surface area contributed by atoms with E-state index in [1.807, 2.05) is 0 Å². The number of hydrogen-bond donors (Lipinski definition) is 0. The van der Waals surface area contributed by atoms with Crippen molar-refractivity contribution in [2.24, 2.45) is 0 Å². The Morgan fingerprint density at radius 2 is 0.767 bits per heavy atom.